The first kappa shape index (κ1) is 15.5. The SMILES string of the molecule is C[C@@H](C[C@H](O)c1ccco1)NC(=O)Nc1nc2ccccc2s1. The van der Waals surface area contributed by atoms with Crippen molar-refractivity contribution < 1.29 is 14.3 Å². The van der Waals surface area contributed by atoms with Crippen molar-refractivity contribution in [3.05, 3.63) is 48.4 Å². The van der Waals surface area contributed by atoms with Crippen LogP contribution in [0.1, 0.15) is 25.2 Å². The third-order valence-electron chi connectivity index (χ3n) is 3.34. The summed E-state index contributed by atoms with van der Waals surface area (Å²) >= 11 is 1.42. The number of carbonyl (C=O) groups is 1. The van der Waals surface area contributed by atoms with Gasteiger partial charge in [-0.15, -0.1) is 0 Å². The number of anilines is 1. The van der Waals surface area contributed by atoms with E-state index in [0.717, 1.165) is 10.2 Å². The number of carbonyl (C=O) groups excluding carboxylic acids is 1. The molecule has 0 spiro atoms. The van der Waals surface area contributed by atoms with Crippen molar-refractivity contribution in [2.45, 2.75) is 25.5 Å². The molecule has 0 unspecified atom stereocenters. The number of amides is 2. The number of fused-ring (bicyclic) bond motifs is 1. The number of hydrogen-bond acceptors (Lipinski definition) is 5. The molecule has 0 aliphatic heterocycles. The number of nitrogens with one attached hydrogen (secondary N) is 2. The average molecular weight is 331 g/mol. The number of urea groups is 1. The molecule has 0 aliphatic carbocycles. The Kier molecular flexibility index (Phi) is 4.59. The minimum atomic E-state index is -0.747. The van der Waals surface area contributed by atoms with Crippen LogP contribution in [0.3, 0.4) is 0 Å². The highest BCUT2D eigenvalue weighted by molar-refractivity contribution is 7.22. The highest BCUT2D eigenvalue weighted by atomic mass is 32.1. The number of benzene rings is 1. The van der Waals surface area contributed by atoms with E-state index in [9.17, 15) is 9.90 Å². The van der Waals surface area contributed by atoms with E-state index >= 15 is 0 Å². The van der Waals surface area contributed by atoms with Gasteiger partial charge in [0.25, 0.3) is 0 Å². The van der Waals surface area contributed by atoms with E-state index < -0.39 is 6.10 Å². The second-order valence-corrected chi connectivity index (χ2v) is 6.28. The summed E-state index contributed by atoms with van der Waals surface area (Å²) in [5, 5.41) is 16.0. The first-order valence-corrected chi connectivity index (χ1v) is 8.08. The van der Waals surface area contributed by atoms with Gasteiger partial charge in [-0.3, -0.25) is 5.32 Å². The van der Waals surface area contributed by atoms with E-state index in [2.05, 4.69) is 15.6 Å². The Morgan fingerprint density at radius 1 is 1.35 bits per heavy atom. The molecule has 7 heteroatoms. The Labute approximate surface area is 137 Å². The van der Waals surface area contributed by atoms with Crippen LogP contribution in [0.25, 0.3) is 10.2 Å². The highest BCUT2D eigenvalue weighted by Crippen LogP contribution is 2.25. The fourth-order valence-corrected chi connectivity index (χ4v) is 3.13. The summed E-state index contributed by atoms with van der Waals surface area (Å²) in [5.41, 5.74) is 0.856. The molecular weight excluding hydrogens is 314 g/mol. The number of rotatable bonds is 5. The highest BCUT2D eigenvalue weighted by Gasteiger charge is 2.17. The van der Waals surface area contributed by atoms with Gasteiger partial charge in [0.15, 0.2) is 5.13 Å². The lowest BCUT2D eigenvalue weighted by molar-refractivity contribution is 0.130. The van der Waals surface area contributed by atoms with Crippen LogP contribution in [0.15, 0.2) is 47.1 Å². The number of hydrogen-bond donors (Lipinski definition) is 3. The molecule has 23 heavy (non-hydrogen) atoms. The van der Waals surface area contributed by atoms with Gasteiger partial charge in [-0.05, 0) is 31.2 Å². The van der Waals surface area contributed by atoms with Gasteiger partial charge in [0, 0.05) is 12.5 Å². The maximum Gasteiger partial charge on any atom is 0.321 e. The summed E-state index contributed by atoms with van der Waals surface area (Å²) < 4.78 is 6.16. The zero-order chi connectivity index (χ0) is 16.2. The molecule has 0 bridgehead atoms. The third kappa shape index (κ3) is 3.88. The number of aromatic nitrogens is 1. The summed E-state index contributed by atoms with van der Waals surface area (Å²) in [7, 11) is 0. The van der Waals surface area contributed by atoms with E-state index in [-0.39, 0.29) is 12.1 Å². The van der Waals surface area contributed by atoms with Crippen LogP contribution in [-0.2, 0) is 0 Å². The Hall–Kier alpha value is -2.38. The molecule has 0 aliphatic rings. The van der Waals surface area contributed by atoms with Gasteiger partial charge in [-0.1, -0.05) is 23.5 Å². The summed E-state index contributed by atoms with van der Waals surface area (Å²) in [6, 6.07) is 10.6. The molecule has 2 atom stereocenters. The molecule has 2 aromatic heterocycles. The lowest BCUT2D eigenvalue weighted by Gasteiger charge is -2.16. The second kappa shape index (κ2) is 6.80. The van der Waals surface area contributed by atoms with Crippen molar-refractivity contribution in [3.63, 3.8) is 0 Å². The third-order valence-corrected chi connectivity index (χ3v) is 4.29. The Balaban J connectivity index is 1.54. The molecule has 0 saturated heterocycles. The maximum absolute atomic E-state index is 12.0. The van der Waals surface area contributed by atoms with Crippen LogP contribution < -0.4 is 10.6 Å². The van der Waals surface area contributed by atoms with Crippen molar-refractivity contribution in [1.29, 1.82) is 0 Å². The van der Waals surface area contributed by atoms with Crippen molar-refractivity contribution in [2.75, 3.05) is 5.32 Å². The summed E-state index contributed by atoms with van der Waals surface area (Å²) in [6.07, 6.45) is 1.12. The second-order valence-electron chi connectivity index (χ2n) is 5.25. The molecule has 3 N–H and O–H groups in total. The van der Waals surface area contributed by atoms with Crippen molar-refractivity contribution in [1.82, 2.24) is 10.3 Å². The van der Waals surface area contributed by atoms with Gasteiger partial charge >= 0.3 is 6.03 Å². The van der Waals surface area contributed by atoms with Crippen molar-refractivity contribution in [3.8, 4) is 0 Å². The minimum Gasteiger partial charge on any atom is -0.467 e. The first-order valence-electron chi connectivity index (χ1n) is 7.26. The van der Waals surface area contributed by atoms with Crippen LogP contribution >= 0.6 is 11.3 Å². The number of para-hydroxylation sites is 1. The molecule has 0 saturated carbocycles. The molecule has 6 nitrogen and oxygen atoms in total. The Morgan fingerprint density at radius 2 is 2.17 bits per heavy atom. The lowest BCUT2D eigenvalue weighted by atomic mass is 10.1. The van der Waals surface area contributed by atoms with Crippen molar-refractivity contribution >= 4 is 32.7 Å². The van der Waals surface area contributed by atoms with Gasteiger partial charge in [0.05, 0.1) is 16.5 Å². The van der Waals surface area contributed by atoms with E-state index in [4.69, 9.17) is 4.42 Å². The number of aliphatic hydroxyl groups excluding tert-OH is 1. The van der Waals surface area contributed by atoms with Crippen LogP contribution in [0.5, 0.6) is 0 Å². The molecule has 3 aromatic rings. The predicted molar refractivity (Wildman–Crippen MR) is 89.5 cm³/mol. The number of aliphatic hydroxyl groups is 1. The largest absolute Gasteiger partial charge is 0.467 e. The van der Waals surface area contributed by atoms with E-state index in [1.807, 2.05) is 31.2 Å². The average Bonchev–Trinajstić information content (AvgIpc) is 3.15. The van der Waals surface area contributed by atoms with Gasteiger partial charge in [-0.2, -0.15) is 0 Å². The Morgan fingerprint density at radius 3 is 2.91 bits per heavy atom. The molecule has 2 amide bonds. The van der Waals surface area contributed by atoms with Crippen molar-refractivity contribution in [2.24, 2.45) is 0 Å². The molecule has 120 valence electrons. The monoisotopic (exact) mass is 331 g/mol. The standard InChI is InChI=1S/C16H17N3O3S/c1-10(9-12(20)13-6-4-8-22-13)17-15(21)19-16-18-11-5-2-3-7-14(11)23-16/h2-8,10,12,20H,9H2,1H3,(H2,17,18,19,21)/t10-,12-/m0/s1. The fourth-order valence-electron chi connectivity index (χ4n) is 2.27. The van der Waals surface area contributed by atoms with Gasteiger partial charge in [-0.25, -0.2) is 9.78 Å². The van der Waals surface area contributed by atoms with Crippen LogP contribution in [0.4, 0.5) is 9.93 Å². The quantitative estimate of drug-likeness (QED) is 0.667. The van der Waals surface area contributed by atoms with Gasteiger partial charge in [0.1, 0.15) is 11.9 Å². The molecule has 0 radical (unpaired) electrons. The minimum absolute atomic E-state index is 0.218. The molecule has 0 fully saturated rings. The predicted octanol–water partition coefficient (Wildman–Crippen LogP) is 3.52. The van der Waals surface area contributed by atoms with Gasteiger partial charge < -0.3 is 14.8 Å². The van der Waals surface area contributed by atoms with Gasteiger partial charge in [0.2, 0.25) is 0 Å². The summed E-state index contributed by atoms with van der Waals surface area (Å²) in [5.74, 6) is 0.491. The van der Waals surface area contributed by atoms with E-state index in [0.29, 0.717) is 17.3 Å². The van der Waals surface area contributed by atoms with Crippen LogP contribution in [0, 0.1) is 0 Å². The summed E-state index contributed by atoms with van der Waals surface area (Å²) in [6.45, 7) is 1.82. The zero-order valence-corrected chi connectivity index (χ0v) is 13.3. The summed E-state index contributed by atoms with van der Waals surface area (Å²) in [4.78, 5) is 16.4. The number of furan rings is 1. The number of nitrogens with zero attached hydrogens (tertiary/aromatic N) is 1. The fraction of sp³-hybridized carbons (Fsp3) is 0.250. The number of thiazole rings is 1. The van der Waals surface area contributed by atoms with Crippen LogP contribution in [-0.4, -0.2) is 22.2 Å². The first-order chi connectivity index (χ1) is 11.1. The molecular formula is C16H17N3O3S. The van der Waals surface area contributed by atoms with Crippen LogP contribution in [0.2, 0.25) is 0 Å². The smallest absolute Gasteiger partial charge is 0.321 e. The molecule has 3 rings (SSSR count). The zero-order valence-electron chi connectivity index (χ0n) is 12.5. The molecule has 1 aromatic carbocycles. The van der Waals surface area contributed by atoms with E-state index in [1.54, 1.807) is 12.1 Å². The normalized spacial score (nSPS) is 13.7. The molecule has 2 heterocycles. The Bertz CT molecular complexity index is 752. The lowest BCUT2D eigenvalue weighted by Crippen LogP contribution is -2.36. The maximum atomic E-state index is 12.0. The topological polar surface area (TPSA) is 87.4 Å². The van der Waals surface area contributed by atoms with E-state index in [1.165, 1.54) is 17.6 Å².